The average Bonchev–Trinajstić information content (AvgIpc) is 0.790. The molecule has 0 bridgehead atoms. The molecule has 0 aliphatic carbocycles. The van der Waals surface area contributed by atoms with Crippen molar-refractivity contribution in [3.8, 4) is 0 Å². The number of hydrogen-bond acceptors (Lipinski definition) is 18. The average molecular weight is 1390 g/mol. The molecule has 17 unspecified atom stereocenters. The molecule has 97 heavy (non-hydrogen) atoms. The van der Waals surface area contributed by atoms with Crippen LogP contribution in [0.1, 0.15) is 348 Å². The minimum atomic E-state index is -1.98. The van der Waals surface area contributed by atoms with Gasteiger partial charge in [0.2, 0.25) is 5.91 Å². The third-order valence-electron chi connectivity index (χ3n) is 20.6. The van der Waals surface area contributed by atoms with Crippen molar-refractivity contribution < 1.29 is 89.4 Å². The van der Waals surface area contributed by atoms with Crippen LogP contribution in [0.25, 0.3) is 0 Å². The van der Waals surface area contributed by atoms with Crippen molar-refractivity contribution in [3.63, 3.8) is 0 Å². The summed E-state index contributed by atoms with van der Waals surface area (Å²) in [6.45, 7) is 1.81. The van der Waals surface area contributed by atoms with Gasteiger partial charge in [0.05, 0.1) is 38.6 Å². The highest BCUT2D eigenvalue weighted by Crippen LogP contribution is 2.33. The molecule has 0 spiro atoms. The monoisotopic (exact) mass is 1390 g/mol. The first-order valence-electron chi connectivity index (χ1n) is 40.4. The van der Waals surface area contributed by atoms with Crippen LogP contribution in [-0.2, 0) is 33.2 Å². The summed E-state index contributed by atoms with van der Waals surface area (Å²) in [5.41, 5.74) is 0. The molecule has 3 saturated heterocycles. The molecule has 574 valence electrons. The zero-order valence-electron chi connectivity index (χ0n) is 61.3. The lowest BCUT2D eigenvalue weighted by Gasteiger charge is -2.48. The van der Waals surface area contributed by atoms with Gasteiger partial charge in [-0.1, -0.05) is 334 Å². The number of carbonyl (C=O) groups is 1. The van der Waals surface area contributed by atoms with E-state index in [9.17, 15) is 61.0 Å². The first-order valence-corrected chi connectivity index (χ1v) is 40.4. The normalized spacial score (nSPS) is 26.9. The lowest BCUT2D eigenvalue weighted by molar-refractivity contribution is -0.379. The van der Waals surface area contributed by atoms with E-state index in [2.05, 4.69) is 19.2 Å². The van der Waals surface area contributed by atoms with Crippen molar-refractivity contribution in [2.75, 3.05) is 26.4 Å². The number of carbonyl (C=O) groups excluding carboxylic acids is 1. The van der Waals surface area contributed by atoms with Crippen LogP contribution >= 0.6 is 0 Å². The molecule has 12 N–H and O–H groups in total. The molecule has 1 amide bonds. The predicted octanol–water partition coefficient (Wildman–Crippen LogP) is 13.2. The fourth-order valence-electron chi connectivity index (χ4n) is 14.1. The Morgan fingerprint density at radius 1 is 0.361 bits per heavy atom. The van der Waals surface area contributed by atoms with Gasteiger partial charge in [-0.2, -0.15) is 0 Å². The molecule has 3 rings (SSSR count). The summed E-state index contributed by atoms with van der Waals surface area (Å²) in [4.78, 5) is 13.5. The van der Waals surface area contributed by atoms with Crippen LogP contribution < -0.4 is 5.32 Å². The minimum absolute atomic E-state index is 0.250. The summed E-state index contributed by atoms with van der Waals surface area (Å²) in [6, 6.07) is -0.970. The van der Waals surface area contributed by atoms with Crippen LogP contribution in [0.2, 0.25) is 0 Å². The Morgan fingerprint density at radius 2 is 0.639 bits per heavy atom. The number of allylic oxidation sites excluding steroid dienone is 1. The summed E-state index contributed by atoms with van der Waals surface area (Å²) in [5, 5.41) is 121. The van der Waals surface area contributed by atoms with E-state index in [4.69, 9.17) is 28.4 Å². The highest BCUT2D eigenvalue weighted by molar-refractivity contribution is 5.76. The van der Waals surface area contributed by atoms with Crippen LogP contribution in [-0.4, -0.2) is 193 Å². The van der Waals surface area contributed by atoms with E-state index in [0.717, 1.165) is 44.9 Å². The predicted molar refractivity (Wildman–Crippen MR) is 383 cm³/mol. The Kier molecular flexibility index (Phi) is 55.4. The Morgan fingerprint density at radius 3 is 0.969 bits per heavy atom. The van der Waals surface area contributed by atoms with Crippen LogP contribution in [0.4, 0.5) is 0 Å². The van der Waals surface area contributed by atoms with E-state index in [0.29, 0.717) is 6.42 Å². The van der Waals surface area contributed by atoms with Gasteiger partial charge in [-0.25, -0.2) is 0 Å². The molecule has 0 aromatic carbocycles. The maximum Gasteiger partial charge on any atom is 0.220 e. The van der Waals surface area contributed by atoms with Gasteiger partial charge < -0.3 is 89.9 Å². The maximum absolute atomic E-state index is 13.5. The lowest BCUT2D eigenvalue weighted by Crippen LogP contribution is -2.66. The fraction of sp³-hybridized carbons (Fsp3) is 0.962. The van der Waals surface area contributed by atoms with E-state index in [1.54, 1.807) is 6.08 Å². The molecular formula is C78H149NO18. The van der Waals surface area contributed by atoms with Crippen molar-refractivity contribution in [1.82, 2.24) is 5.32 Å². The van der Waals surface area contributed by atoms with Crippen LogP contribution in [0.3, 0.4) is 0 Å². The van der Waals surface area contributed by atoms with E-state index < -0.39 is 124 Å². The maximum atomic E-state index is 13.5. The molecule has 0 radical (unpaired) electrons. The number of aliphatic hydroxyl groups excluding tert-OH is 11. The molecule has 0 aromatic rings. The van der Waals surface area contributed by atoms with E-state index in [1.165, 1.54) is 276 Å². The molecule has 0 aromatic heterocycles. The molecule has 19 nitrogen and oxygen atoms in total. The Bertz CT molecular complexity index is 1800. The van der Waals surface area contributed by atoms with E-state index >= 15 is 0 Å². The van der Waals surface area contributed by atoms with Gasteiger partial charge in [-0.05, 0) is 19.3 Å². The minimum Gasteiger partial charge on any atom is -0.394 e. The summed E-state index contributed by atoms with van der Waals surface area (Å²) in [6.07, 6.45) is 43.4. The zero-order chi connectivity index (χ0) is 70.4. The van der Waals surface area contributed by atoms with E-state index in [1.807, 2.05) is 6.08 Å². The summed E-state index contributed by atoms with van der Waals surface area (Å²) >= 11 is 0. The molecule has 0 saturated carbocycles. The second kappa shape index (κ2) is 59.9. The van der Waals surface area contributed by atoms with Gasteiger partial charge in [0.15, 0.2) is 18.9 Å². The Labute approximate surface area is 588 Å². The summed E-state index contributed by atoms with van der Waals surface area (Å²) in [5.74, 6) is -0.266. The van der Waals surface area contributed by atoms with Crippen molar-refractivity contribution in [2.24, 2.45) is 0 Å². The molecule has 3 fully saturated rings. The smallest absolute Gasteiger partial charge is 0.220 e. The number of ether oxygens (including phenoxy) is 6. The quantitative estimate of drug-likeness (QED) is 0.0199. The molecule has 3 aliphatic rings. The number of unbranched alkanes of at least 4 members (excludes halogenated alkanes) is 49. The summed E-state index contributed by atoms with van der Waals surface area (Å²) < 4.78 is 34.5. The first-order chi connectivity index (χ1) is 47.3. The highest BCUT2D eigenvalue weighted by atomic mass is 16.8. The van der Waals surface area contributed by atoms with Crippen molar-refractivity contribution in [3.05, 3.63) is 12.2 Å². The van der Waals surface area contributed by atoms with Crippen molar-refractivity contribution in [1.29, 1.82) is 0 Å². The molecule has 3 heterocycles. The number of nitrogens with one attached hydrogen (secondary N) is 1. The lowest BCUT2D eigenvalue weighted by atomic mass is 9.96. The summed E-state index contributed by atoms with van der Waals surface area (Å²) in [7, 11) is 0. The standard InChI is InChI=1S/C78H149NO18/c1-3-5-7-9-11-13-15-17-19-21-23-25-27-29-30-32-34-36-38-40-42-44-46-48-50-52-54-56-66(84)79-61(62(83)55-53-51-49-47-45-43-41-39-37-35-33-31-28-26-24-22-20-18-16-14-12-10-8-6-4-2)60-92-76-72(90)69(87)74(64(58-81)94-76)97-78-73(91)70(88)75(65(59-82)95-78)96-77-71(89)68(86)67(85)63(57-80)93-77/h53,55,61-65,67-78,80-83,85-91H,3-52,54,56-60H2,1-2H3,(H,79,84)/b55-53+. The van der Waals surface area contributed by atoms with Crippen LogP contribution in [0.15, 0.2) is 12.2 Å². The second-order valence-electron chi connectivity index (χ2n) is 29.2. The van der Waals surface area contributed by atoms with Gasteiger partial charge in [-0.15, -0.1) is 0 Å². The number of hydrogen-bond donors (Lipinski definition) is 12. The molecule has 3 aliphatic heterocycles. The molecular weight excluding hydrogens is 1240 g/mol. The Hall–Kier alpha value is -1.47. The van der Waals surface area contributed by atoms with Gasteiger partial charge in [0.1, 0.15) is 73.2 Å². The fourth-order valence-corrected chi connectivity index (χ4v) is 14.1. The highest BCUT2D eigenvalue weighted by Gasteiger charge is 2.54. The third kappa shape index (κ3) is 40.4. The third-order valence-corrected chi connectivity index (χ3v) is 20.6. The number of aliphatic hydroxyl groups is 11. The molecule has 19 heteroatoms. The van der Waals surface area contributed by atoms with Gasteiger partial charge in [0, 0.05) is 6.42 Å². The van der Waals surface area contributed by atoms with Crippen molar-refractivity contribution in [2.45, 2.75) is 452 Å². The van der Waals surface area contributed by atoms with Crippen LogP contribution in [0.5, 0.6) is 0 Å². The van der Waals surface area contributed by atoms with Crippen molar-refractivity contribution >= 4 is 5.91 Å². The van der Waals surface area contributed by atoms with Gasteiger partial charge in [0.25, 0.3) is 0 Å². The van der Waals surface area contributed by atoms with E-state index in [-0.39, 0.29) is 18.9 Å². The van der Waals surface area contributed by atoms with Crippen LogP contribution in [0, 0.1) is 0 Å². The SMILES string of the molecule is CCCCCCCCCCCCCCCCCCCCCCCCC/C=C/C(O)C(COC1OC(CO)C(OC2OC(CO)C(OC3OC(CO)C(O)C(O)C3O)C(O)C2O)C(O)C1O)NC(=O)CCCCCCCCCCCCCCCCCCCCCCCCCCCCC. The Balaban J connectivity index is 1.38. The van der Waals surface area contributed by atoms with Gasteiger partial charge in [-0.3, -0.25) is 4.79 Å². The zero-order valence-corrected chi connectivity index (χ0v) is 61.3. The first kappa shape index (κ1) is 89.7. The molecule has 17 atom stereocenters. The largest absolute Gasteiger partial charge is 0.394 e. The second-order valence-corrected chi connectivity index (χ2v) is 29.2. The number of amides is 1. The topological polar surface area (TPSA) is 307 Å². The number of rotatable bonds is 65. The van der Waals surface area contributed by atoms with Gasteiger partial charge >= 0.3 is 0 Å².